The molecular weight excluding hydrogens is 238 g/mol. The first-order valence-corrected chi connectivity index (χ1v) is 6.63. The molecule has 19 heavy (non-hydrogen) atoms. The van der Waals surface area contributed by atoms with Gasteiger partial charge in [-0.1, -0.05) is 19.9 Å². The summed E-state index contributed by atoms with van der Waals surface area (Å²) in [6.07, 6.45) is 4.22. The molecule has 3 nitrogen and oxygen atoms in total. The van der Waals surface area contributed by atoms with Crippen LogP contribution >= 0.6 is 0 Å². The Morgan fingerprint density at radius 3 is 2.16 bits per heavy atom. The highest BCUT2D eigenvalue weighted by Crippen LogP contribution is 2.40. The van der Waals surface area contributed by atoms with Gasteiger partial charge in [0.05, 0.1) is 14.2 Å². The van der Waals surface area contributed by atoms with Gasteiger partial charge in [0.1, 0.15) is 11.5 Å². The molecule has 0 radical (unpaired) electrons. The highest BCUT2D eigenvalue weighted by molar-refractivity contribution is 5.70. The van der Waals surface area contributed by atoms with E-state index in [-0.39, 0.29) is 11.5 Å². The zero-order valence-corrected chi connectivity index (χ0v) is 12.2. The van der Waals surface area contributed by atoms with Crippen molar-refractivity contribution >= 4 is 5.57 Å². The predicted octanol–water partition coefficient (Wildman–Crippen LogP) is 3.23. The molecule has 1 aromatic rings. The molecule has 0 aliphatic heterocycles. The molecule has 0 saturated carbocycles. The first-order valence-electron chi connectivity index (χ1n) is 6.63. The second kappa shape index (κ2) is 5.25. The van der Waals surface area contributed by atoms with E-state index < -0.39 is 0 Å². The fourth-order valence-corrected chi connectivity index (χ4v) is 2.79. The first-order chi connectivity index (χ1) is 8.93. The van der Waals surface area contributed by atoms with Gasteiger partial charge in [0, 0.05) is 12.1 Å². The number of methoxy groups -OCH3 is 2. The monoisotopic (exact) mass is 261 g/mol. The SMILES string of the molecule is COc1cc(OC)cc(C2=CC(N)CC(C)(C)C2)c1. The summed E-state index contributed by atoms with van der Waals surface area (Å²) in [6, 6.07) is 6.10. The van der Waals surface area contributed by atoms with Crippen molar-refractivity contribution in [3.8, 4) is 11.5 Å². The molecule has 3 heteroatoms. The molecule has 0 aromatic heterocycles. The minimum Gasteiger partial charge on any atom is -0.497 e. The van der Waals surface area contributed by atoms with E-state index in [1.165, 1.54) is 5.57 Å². The summed E-state index contributed by atoms with van der Waals surface area (Å²) < 4.78 is 10.7. The zero-order chi connectivity index (χ0) is 14.0. The summed E-state index contributed by atoms with van der Waals surface area (Å²) in [7, 11) is 3.34. The van der Waals surface area contributed by atoms with Crippen LogP contribution in [0.3, 0.4) is 0 Å². The smallest absolute Gasteiger partial charge is 0.123 e. The maximum Gasteiger partial charge on any atom is 0.123 e. The lowest BCUT2D eigenvalue weighted by molar-refractivity contribution is 0.318. The van der Waals surface area contributed by atoms with Gasteiger partial charge in [-0.2, -0.15) is 0 Å². The number of hydrogen-bond donors (Lipinski definition) is 1. The van der Waals surface area contributed by atoms with Crippen LogP contribution in [0.25, 0.3) is 5.57 Å². The van der Waals surface area contributed by atoms with E-state index in [0.29, 0.717) is 0 Å². The molecule has 1 aliphatic rings. The molecule has 0 spiro atoms. The molecule has 1 aromatic carbocycles. The van der Waals surface area contributed by atoms with Gasteiger partial charge in [-0.25, -0.2) is 0 Å². The summed E-state index contributed by atoms with van der Waals surface area (Å²) in [4.78, 5) is 0. The summed E-state index contributed by atoms with van der Waals surface area (Å²) in [5, 5.41) is 0. The third kappa shape index (κ3) is 3.29. The molecule has 0 amide bonds. The molecule has 1 unspecified atom stereocenters. The zero-order valence-electron chi connectivity index (χ0n) is 12.2. The Morgan fingerprint density at radius 2 is 1.68 bits per heavy atom. The fourth-order valence-electron chi connectivity index (χ4n) is 2.79. The van der Waals surface area contributed by atoms with Crippen molar-refractivity contribution in [3.05, 3.63) is 29.8 Å². The van der Waals surface area contributed by atoms with Crippen LogP contribution in [-0.4, -0.2) is 20.3 Å². The molecule has 0 bridgehead atoms. The first kappa shape index (κ1) is 13.9. The number of nitrogens with two attached hydrogens (primary N) is 1. The van der Waals surface area contributed by atoms with Gasteiger partial charge in [0.2, 0.25) is 0 Å². The third-order valence-corrected chi connectivity index (χ3v) is 3.59. The average molecular weight is 261 g/mol. The van der Waals surface area contributed by atoms with Crippen LogP contribution in [0.5, 0.6) is 11.5 Å². The number of rotatable bonds is 3. The van der Waals surface area contributed by atoms with Crippen LogP contribution in [0.4, 0.5) is 0 Å². The molecule has 0 saturated heterocycles. The van der Waals surface area contributed by atoms with Crippen molar-refractivity contribution in [2.75, 3.05) is 14.2 Å². The van der Waals surface area contributed by atoms with Crippen LogP contribution in [0.1, 0.15) is 32.3 Å². The van der Waals surface area contributed by atoms with Crippen molar-refractivity contribution in [1.29, 1.82) is 0 Å². The Hall–Kier alpha value is -1.48. The topological polar surface area (TPSA) is 44.5 Å². The van der Waals surface area contributed by atoms with Gasteiger partial charge >= 0.3 is 0 Å². The second-order valence-corrected chi connectivity index (χ2v) is 6.00. The third-order valence-electron chi connectivity index (χ3n) is 3.59. The molecule has 1 aliphatic carbocycles. The van der Waals surface area contributed by atoms with Gasteiger partial charge < -0.3 is 15.2 Å². The van der Waals surface area contributed by atoms with Crippen LogP contribution in [-0.2, 0) is 0 Å². The molecular formula is C16H23NO2. The molecule has 2 N–H and O–H groups in total. The number of hydrogen-bond acceptors (Lipinski definition) is 3. The van der Waals surface area contributed by atoms with Crippen molar-refractivity contribution in [1.82, 2.24) is 0 Å². The number of ether oxygens (including phenoxy) is 2. The lowest BCUT2D eigenvalue weighted by Gasteiger charge is -2.33. The van der Waals surface area contributed by atoms with Crippen molar-refractivity contribution in [2.24, 2.45) is 11.1 Å². The predicted molar refractivity (Wildman–Crippen MR) is 78.5 cm³/mol. The summed E-state index contributed by atoms with van der Waals surface area (Å²) in [6.45, 7) is 4.52. The number of benzene rings is 1. The Labute approximate surface area is 115 Å². The highest BCUT2D eigenvalue weighted by Gasteiger charge is 2.27. The van der Waals surface area contributed by atoms with Crippen molar-refractivity contribution in [3.63, 3.8) is 0 Å². The average Bonchev–Trinajstić information content (AvgIpc) is 2.35. The van der Waals surface area contributed by atoms with E-state index in [0.717, 1.165) is 29.9 Å². The summed E-state index contributed by atoms with van der Waals surface area (Å²) in [5.74, 6) is 1.62. The molecule has 0 fully saturated rings. The normalized spacial score (nSPS) is 21.7. The fraction of sp³-hybridized carbons (Fsp3) is 0.500. The largest absolute Gasteiger partial charge is 0.497 e. The second-order valence-electron chi connectivity index (χ2n) is 6.00. The van der Waals surface area contributed by atoms with Gasteiger partial charge in [0.15, 0.2) is 0 Å². The molecule has 2 rings (SSSR count). The van der Waals surface area contributed by atoms with E-state index in [4.69, 9.17) is 15.2 Å². The van der Waals surface area contributed by atoms with Crippen LogP contribution in [0, 0.1) is 5.41 Å². The van der Waals surface area contributed by atoms with Crippen LogP contribution in [0.15, 0.2) is 24.3 Å². The Kier molecular flexibility index (Phi) is 3.85. The van der Waals surface area contributed by atoms with E-state index in [1.807, 2.05) is 18.2 Å². The van der Waals surface area contributed by atoms with Gasteiger partial charge in [-0.05, 0) is 41.5 Å². The molecule has 1 atom stereocenters. The summed E-state index contributed by atoms with van der Waals surface area (Å²) in [5.41, 5.74) is 8.79. The number of allylic oxidation sites excluding steroid dienone is 1. The Morgan fingerprint density at radius 1 is 1.11 bits per heavy atom. The van der Waals surface area contributed by atoms with E-state index >= 15 is 0 Å². The Bertz CT molecular complexity index is 469. The lowest BCUT2D eigenvalue weighted by atomic mass is 9.74. The van der Waals surface area contributed by atoms with Crippen LogP contribution < -0.4 is 15.2 Å². The van der Waals surface area contributed by atoms with Crippen molar-refractivity contribution in [2.45, 2.75) is 32.7 Å². The van der Waals surface area contributed by atoms with Gasteiger partial charge in [-0.3, -0.25) is 0 Å². The van der Waals surface area contributed by atoms with E-state index in [1.54, 1.807) is 14.2 Å². The standard InChI is InChI=1S/C16H23NO2/c1-16(2)9-12(5-13(17)10-16)11-6-14(18-3)8-15(7-11)19-4/h5-8,13H,9-10,17H2,1-4H3. The van der Waals surface area contributed by atoms with E-state index in [9.17, 15) is 0 Å². The van der Waals surface area contributed by atoms with Gasteiger partial charge in [0.25, 0.3) is 0 Å². The van der Waals surface area contributed by atoms with Gasteiger partial charge in [-0.15, -0.1) is 0 Å². The van der Waals surface area contributed by atoms with Crippen LogP contribution in [0.2, 0.25) is 0 Å². The Balaban J connectivity index is 2.40. The maximum atomic E-state index is 6.14. The lowest BCUT2D eigenvalue weighted by Crippen LogP contribution is -2.30. The summed E-state index contributed by atoms with van der Waals surface area (Å²) >= 11 is 0. The maximum absolute atomic E-state index is 6.14. The van der Waals surface area contributed by atoms with Crippen molar-refractivity contribution < 1.29 is 9.47 Å². The highest BCUT2D eigenvalue weighted by atomic mass is 16.5. The van der Waals surface area contributed by atoms with E-state index in [2.05, 4.69) is 19.9 Å². The minimum absolute atomic E-state index is 0.121. The molecule has 0 heterocycles. The minimum atomic E-state index is 0.121. The quantitative estimate of drug-likeness (QED) is 0.908. The molecule has 104 valence electrons.